The molecule has 0 radical (unpaired) electrons. The van der Waals surface area contributed by atoms with Crippen LogP contribution in [0.5, 0.6) is 0 Å². The number of pyridine rings is 1. The number of carbonyl (C=O) groups is 1. The number of aromatic amines is 1. The number of H-pyrrole nitrogens is 1. The highest BCUT2D eigenvalue weighted by Crippen LogP contribution is 2.09. The molecule has 0 atom stereocenters. The van der Waals surface area contributed by atoms with Gasteiger partial charge in [-0.05, 0) is 12.1 Å². The first-order valence-electron chi connectivity index (χ1n) is 5.41. The van der Waals surface area contributed by atoms with Gasteiger partial charge in [0.05, 0.1) is 6.20 Å². The van der Waals surface area contributed by atoms with Crippen molar-refractivity contribution >= 4 is 11.7 Å². The lowest BCUT2D eigenvalue weighted by Gasteiger charge is -2.00. The van der Waals surface area contributed by atoms with Crippen LogP contribution >= 0.6 is 0 Å². The number of anilines is 1. The Morgan fingerprint density at radius 3 is 2.78 bits per heavy atom. The van der Waals surface area contributed by atoms with Crippen LogP contribution in [0.25, 0.3) is 0 Å². The van der Waals surface area contributed by atoms with Crippen LogP contribution in [0.1, 0.15) is 36.2 Å². The molecule has 0 aliphatic rings. The molecule has 0 aliphatic carbocycles. The zero-order valence-corrected chi connectivity index (χ0v) is 9.94. The maximum absolute atomic E-state index is 12.6. The maximum atomic E-state index is 12.6. The summed E-state index contributed by atoms with van der Waals surface area (Å²) in [6, 6.07) is 2.57. The van der Waals surface area contributed by atoms with E-state index in [-0.39, 0.29) is 17.6 Å². The van der Waals surface area contributed by atoms with E-state index in [1.54, 1.807) is 0 Å². The topological polar surface area (TPSA) is 83.6 Å². The molecular weight excluding hydrogens is 237 g/mol. The summed E-state index contributed by atoms with van der Waals surface area (Å²) in [5.74, 6) is 0.113. The lowest BCUT2D eigenvalue weighted by Crippen LogP contribution is -2.14. The van der Waals surface area contributed by atoms with Crippen LogP contribution in [-0.2, 0) is 0 Å². The van der Waals surface area contributed by atoms with Gasteiger partial charge in [-0.25, -0.2) is 14.4 Å². The summed E-state index contributed by atoms with van der Waals surface area (Å²) in [5.41, 5.74) is 0. The van der Waals surface area contributed by atoms with E-state index in [9.17, 15) is 9.18 Å². The number of nitrogens with zero attached hydrogens (tertiary/aromatic N) is 3. The number of carbonyl (C=O) groups excluding carboxylic acids is 1. The second kappa shape index (κ2) is 4.91. The van der Waals surface area contributed by atoms with Crippen LogP contribution in [0.2, 0.25) is 0 Å². The summed E-state index contributed by atoms with van der Waals surface area (Å²) >= 11 is 0. The zero-order valence-electron chi connectivity index (χ0n) is 9.94. The van der Waals surface area contributed by atoms with Crippen LogP contribution in [0.4, 0.5) is 10.2 Å². The van der Waals surface area contributed by atoms with E-state index < -0.39 is 11.7 Å². The van der Waals surface area contributed by atoms with Crippen molar-refractivity contribution in [3.8, 4) is 0 Å². The van der Waals surface area contributed by atoms with Gasteiger partial charge in [0.1, 0.15) is 17.5 Å². The van der Waals surface area contributed by atoms with Gasteiger partial charge in [-0.3, -0.25) is 9.89 Å². The van der Waals surface area contributed by atoms with E-state index >= 15 is 0 Å². The summed E-state index contributed by atoms with van der Waals surface area (Å²) in [6.45, 7) is 3.87. The number of aromatic nitrogens is 4. The Morgan fingerprint density at radius 1 is 1.44 bits per heavy atom. The van der Waals surface area contributed by atoms with Crippen molar-refractivity contribution in [2.24, 2.45) is 0 Å². The van der Waals surface area contributed by atoms with Gasteiger partial charge in [-0.15, -0.1) is 5.10 Å². The molecule has 0 saturated carbocycles. The third-order valence-corrected chi connectivity index (χ3v) is 2.22. The lowest BCUT2D eigenvalue weighted by molar-refractivity contribution is 0.101. The lowest BCUT2D eigenvalue weighted by atomic mass is 10.2. The Balaban J connectivity index is 2.09. The third-order valence-electron chi connectivity index (χ3n) is 2.22. The first-order chi connectivity index (χ1) is 8.56. The van der Waals surface area contributed by atoms with E-state index in [1.165, 1.54) is 12.1 Å². The molecule has 0 unspecified atom stereocenters. The van der Waals surface area contributed by atoms with Gasteiger partial charge in [0.15, 0.2) is 0 Å². The molecule has 0 fully saturated rings. The van der Waals surface area contributed by atoms with Crippen LogP contribution in [0, 0.1) is 5.82 Å². The highest BCUT2D eigenvalue weighted by molar-refractivity contribution is 6.00. The van der Waals surface area contributed by atoms with E-state index in [0.717, 1.165) is 6.20 Å². The smallest absolute Gasteiger partial charge is 0.296 e. The fourth-order valence-corrected chi connectivity index (χ4v) is 1.26. The minimum atomic E-state index is -0.489. The monoisotopic (exact) mass is 249 g/mol. The van der Waals surface area contributed by atoms with E-state index in [0.29, 0.717) is 5.82 Å². The molecule has 0 spiro atoms. The molecule has 94 valence electrons. The number of rotatable bonds is 3. The maximum Gasteiger partial charge on any atom is 0.296 e. The number of nitrogens with one attached hydrogen (secondary N) is 2. The van der Waals surface area contributed by atoms with Crippen LogP contribution in [0.3, 0.4) is 0 Å². The predicted octanol–water partition coefficient (Wildman–Crippen LogP) is 1.71. The first-order valence-corrected chi connectivity index (χ1v) is 5.41. The van der Waals surface area contributed by atoms with Crippen molar-refractivity contribution in [2.45, 2.75) is 19.8 Å². The summed E-state index contributed by atoms with van der Waals surface area (Å²) in [6.07, 6.45) is 1.02. The first kappa shape index (κ1) is 12.2. The molecule has 0 bridgehead atoms. The Labute approximate surface area is 103 Å². The van der Waals surface area contributed by atoms with E-state index in [1.807, 2.05) is 13.8 Å². The number of halogens is 1. The molecule has 0 saturated heterocycles. The summed E-state index contributed by atoms with van der Waals surface area (Å²) in [7, 11) is 0. The van der Waals surface area contributed by atoms with Crippen molar-refractivity contribution in [3.05, 3.63) is 35.8 Å². The summed E-state index contributed by atoms with van der Waals surface area (Å²) < 4.78 is 12.6. The average molecular weight is 249 g/mol. The molecule has 2 heterocycles. The zero-order chi connectivity index (χ0) is 13.1. The van der Waals surface area contributed by atoms with Crippen molar-refractivity contribution in [3.63, 3.8) is 0 Å². The van der Waals surface area contributed by atoms with Gasteiger partial charge >= 0.3 is 0 Å². The minimum absolute atomic E-state index is 0.0322. The molecule has 2 N–H and O–H groups in total. The van der Waals surface area contributed by atoms with Crippen molar-refractivity contribution in [1.29, 1.82) is 0 Å². The number of amides is 1. The molecule has 0 aliphatic heterocycles. The molecule has 18 heavy (non-hydrogen) atoms. The van der Waals surface area contributed by atoms with Gasteiger partial charge in [0.2, 0.25) is 5.82 Å². The molecule has 2 rings (SSSR count). The highest BCUT2D eigenvalue weighted by atomic mass is 19.1. The summed E-state index contributed by atoms with van der Waals surface area (Å²) in [4.78, 5) is 19.5. The Hall–Kier alpha value is -2.31. The molecular formula is C11H12FN5O. The second-order valence-electron chi connectivity index (χ2n) is 4.01. The fourth-order valence-electron chi connectivity index (χ4n) is 1.26. The SMILES string of the molecule is CC(C)c1nc(C(=O)Nc2ccc(F)cn2)n[nH]1. The average Bonchev–Trinajstić information content (AvgIpc) is 2.81. The second-order valence-corrected chi connectivity index (χ2v) is 4.01. The van der Waals surface area contributed by atoms with E-state index in [4.69, 9.17) is 0 Å². The Bertz CT molecular complexity index is 549. The van der Waals surface area contributed by atoms with E-state index in [2.05, 4.69) is 25.5 Å². The van der Waals surface area contributed by atoms with Crippen molar-refractivity contribution < 1.29 is 9.18 Å². The Kier molecular flexibility index (Phi) is 3.31. The van der Waals surface area contributed by atoms with Crippen molar-refractivity contribution in [1.82, 2.24) is 20.2 Å². The quantitative estimate of drug-likeness (QED) is 0.867. The van der Waals surface area contributed by atoms with Gasteiger partial charge < -0.3 is 5.32 Å². The number of hydrogen-bond donors (Lipinski definition) is 2. The van der Waals surface area contributed by atoms with Crippen LogP contribution in [-0.4, -0.2) is 26.1 Å². The highest BCUT2D eigenvalue weighted by Gasteiger charge is 2.14. The molecule has 6 nitrogen and oxygen atoms in total. The molecule has 2 aromatic heterocycles. The summed E-state index contributed by atoms with van der Waals surface area (Å²) in [5, 5.41) is 8.96. The molecule has 1 amide bonds. The van der Waals surface area contributed by atoms with Gasteiger partial charge in [0, 0.05) is 5.92 Å². The molecule has 0 aromatic carbocycles. The van der Waals surface area contributed by atoms with Gasteiger partial charge in [-0.2, -0.15) is 0 Å². The van der Waals surface area contributed by atoms with Gasteiger partial charge in [0.25, 0.3) is 5.91 Å². The van der Waals surface area contributed by atoms with Crippen molar-refractivity contribution in [2.75, 3.05) is 5.32 Å². The minimum Gasteiger partial charge on any atom is -0.304 e. The standard InChI is InChI=1S/C11H12FN5O/c1-6(2)9-15-10(17-16-9)11(18)14-8-4-3-7(12)5-13-8/h3-6H,1-2H3,(H,13,14,18)(H,15,16,17). The molecule has 2 aromatic rings. The third kappa shape index (κ3) is 2.68. The predicted molar refractivity (Wildman–Crippen MR) is 62.6 cm³/mol. The van der Waals surface area contributed by atoms with Crippen LogP contribution in [0.15, 0.2) is 18.3 Å². The number of hydrogen-bond acceptors (Lipinski definition) is 4. The molecule has 7 heteroatoms. The Morgan fingerprint density at radius 2 is 2.22 bits per heavy atom. The normalized spacial score (nSPS) is 10.7. The fraction of sp³-hybridized carbons (Fsp3) is 0.273. The van der Waals surface area contributed by atoms with Crippen LogP contribution < -0.4 is 5.32 Å². The largest absolute Gasteiger partial charge is 0.304 e. The van der Waals surface area contributed by atoms with Gasteiger partial charge in [-0.1, -0.05) is 13.8 Å².